The Hall–Kier alpha value is -0.170. The van der Waals surface area contributed by atoms with Gasteiger partial charge in [0.05, 0.1) is 0 Å². The van der Waals surface area contributed by atoms with Crippen LogP contribution in [0.15, 0.2) is 0 Å². The standard InChI is InChI=1S/C14H29N3O2S/c1-12(2)7-8-16-20(18,19)17-9-3-4-13(11-17)10-15-14-5-6-14/h12-16H,3-11H2,1-2H3. The molecule has 118 valence electrons. The monoisotopic (exact) mass is 303 g/mol. The molecule has 2 N–H and O–H groups in total. The number of rotatable bonds is 8. The average molecular weight is 303 g/mol. The minimum atomic E-state index is -3.28. The van der Waals surface area contributed by atoms with Gasteiger partial charge in [0.2, 0.25) is 0 Å². The highest BCUT2D eigenvalue weighted by Crippen LogP contribution is 2.22. The van der Waals surface area contributed by atoms with E-state index in [4.69, 9.17) is 0 Å². The van der Waals surface area contributed by atoms with Crippen molar-refractivity contribution in [1.29, 1.82) is 0 Å². The van der Waals surface area contributed by atoms with Crippen LogP contribution in [-0.2, 0) is 10.2 Å². The number of nitrogens with one attached hydrogen (secondary N) is 2. The maximum atomic E-state index is 12.3. The Balaban J connectivity index is 1.76. The Kier molecular flexibility index (Phi) is 5.84. The lowest BCUT2D eigenvalue weighted by molar-refractivity contribution is 0.257. The van der Waals surface area contributed by atoms with E-state index in [1.165, 1.54) is 12.8 Å². The molecule has 1 aliphatic heterocycles. The van der Waals surface area contributed by atoms with Crippen molar-refractivity contribution < 1.29 is 8.42 Å². The van der Waals surface area contributed by atoms with Crippen LogP contribution < -0.4 is 10.0 Å². The highest BCUT2D eigenvalue weighted by Gasteiger charge is 2.29. The van der Waals surface area contributed by atoms with E-state index in [1.807, 2.05) is 0 Å². The van der Waals surface area contributed by atoms with Crippen LogP contribution >= 0.6 is 0 Å². The lowest BCUT2D eigenvalue weighted by Gasteiger charge is -2.32. The van der Waals surface area contributed by atoms with Gasteiger partial charge in [-0.2, -0.15) is 12.7 Å². The van der Waals surface area contributed by atoms with Gasteiger partial charge in [-0.05, 0) is 50.5 Å². The second kappa shape index (κ2) is 7.20. The number of piperidine rings is 1. The summed E-state index contributed by atoms with van der Waals surface area (Å²) in [6, 6.07) is 0.700. The predicted molar refractivity (Wildman–Crippen MR) is 81.7 cm³/mol. The Morgan fingerprint density at radius 2 is 2.00 bits per heavy atom. The lowest BCUT2D eigenvalue weighted by atomic mass is 10.00. The van der Waals surface area contributed by atoms with Crippen LogP contribution in [-0.4, -0.2) is 44.9 Å². The molecule has 1 heterocycles. The fourth-order valence-electron chi connectivity index (χ4n) is 2.60. The van der Waals surface area contributed by atoms with E-state index in [2.05, 4.69) is 23.9 Å². The van der Waals surface area contributed by atoms with Crippen molar-refractivity contribution in [2.45, 2.75) is 52.0 Å². The van der Waals surface area contributed by atoms with Crippen molar-refractivity contribution in [2.75, 3.05) is 26.2 Å². The van der Waals surface area contributed by atoms with Gasteiger partial charge in [0.15, 0.2) is 0 Å². The molecule has 5 nitrogen and oxygen atoms in total. The Morgan fingerprint density at radius 3 is 2.65 bits per heavy atom. The Labute approximate surface area is 123 Å². The smallest absolute Gasteiger partial charge is 0.279 e. The normalized spacial score (nSPS) is 25.2. The molecule has 2 aliphatic rings. The molecule has 0 aromatic heterocycles. The van der Waals surface area contributed by atoms with Crippen molar-refractivity contribution in [1.82, 2.24) is 14.3 Å². The maximum Gasteiger partial charge on any atom is 0.279 e. The second-order valence-electron chi connectivity index (χ2n) is 6.63. The molecule has 2 fully saturated rings. The summed E-state index contributed by atoms with van der Waals surface area (Å²) in [4.78, 5) is 0. The second-order valence-corrected chi connectivity index (χ2v) is 8.39. The number of hydrogen-bond donors (Lipinski definition) is 2. The molecule has 2 rings (SSSR count). The van der Waals surface area contributed by atoms with Crippen molar-refractivity contribution in [3.63, 3.8) is 0 Å². The molecular formula is C14H29N3O2S. The van der Waals surface area contributed by atoms with Gasteiger partial charge >= 0.3 is 0 Å². The summed E-state index contributed by atoms with van der Waals surface area (Å²) in [6.07, 6.45) is 5.57. The quantitative estimate of drug-likeness (QED) is 0.711. The molecule has 0 aromatic rings. The fraction of sp³-hybridized carbons (Fsp3) is 1.00. The van der Waals surface area contributed by atoms with Crippen molar-refractivity contribution >= 4 is 10.2 Å². The van der Waals surface area contributed by atoms with E-state index >= 15 is 0 Å². The Morgan fingerprint density at radius 1 is 1.25 bits per heavy atom. The van der Waals surface area contributed by atoms with Crippen LogP contribution in [0.5, 0.6) is 0 Å². The summed E-state index contributed by atoms with van der Waals surface area (Å²) >= 11 is 0. The first-order chi connectivity index (χ1) is 9.47. The van der Waals surface area contributed by atoms with Gasteiger partial charge in [0.25, 0.3) is 10.2 Å². The number of hydrogen-bond acceptors (Lipinski definition) is 3. The molecule has 1 atom stereocenters. The summed E-state index contributed by atoms with van der Waals surface area (Å²) in [7, 11) is -3.28. The SMILES string of the molecule is CC(C)CCNS(=O)(=O)N1CCCC(CNC2CC2)C1. The Bertz CT molecular complexity index is 393. The zero-order valence-electron chi connectivity index (χ0n) is 12.8. The minimum Gasteiger partial charge on any atom is -0.314 e. The average Bonchev–Trinajstić information content (AvgIpc) is 3.20. The van der Waals surface area contributed by atoms with Gasteiger partial charge in [-0.15, -0.1) is 0 Å². The summed E-state index contributed by atoms with van der Waals surface area (Å²) in [5.41, 5.74) is 0. The molecule has 6 heteroatoms. The van der Waals surface area contributed by atoms with E-state index in [0.717, 1.165) is 25.8 Å². The van der Waals surface area contributed by atoms with Gasteiger partial charge in [-0.1, -0.05) is 13.8 Å². The molecule has 0 bridgehead atoms. The summed E-state index contributed by atoms with van der Waals surface area (Å²) in [5.74, 6) is 0.987. The predicted octanol–water partition coefficient (Wildman–Crippen LogP) is 1.33. The van der Waals surface area contributed by atoms with Gasteiger partial charge in [-0.25, -0.2) is 4.72 Å². The van der Waals surface area contributed by atoms with Gasteiger partial charge < -0.3 is 5.32 Å². The lowest BCUT2D eigenvalue weighted by Crippen LogP contribution is -2.48. The highest BCUT2D eigenvalue weighted by molar-refractivity contribution is 7.87. The summed E-state index contributed by atoms with van der Waals surface area (Å²) in [6.45, 7) is 7.04. The first-order valence-electron chi connectivity index (χ1n) is 7.95. The molecular weight excluding hydrogens is 274 g/mol. The molecule has 1 saturated carbocycles. The topological polar surface area (TPSA) is 61.4 Å². The van der Waals surface area contributed by atoms with Crippen molar-refractivity contribution in [3.05, 3.63) is 0 Å². The van der Waals surface area contributed by atoms with E-state index in [0.29, 0.717) is 37.5 Å². The molecule has 0 radical (unpaired) electrons. The zero-order valence-corrected chi connectivity index (χ0v) is 13.6. The molecule has 0 amide bonds. The first-order valence-corrected chi connectivity index (χ1v) is 9.39. The van der Waals surface area contributed by atoms with Gasteiger partial charge in [-0.3, -0.25) is 0 Å². The van der Waals surface area contributed by atoms with E-state index in [-0.39, 0.29) is 0 Å². The molecule has 20 heavy (non-hydrogen) atoms. The van der Waals surface area contributed by atoms with Crippen LogP contribution in [0.1, 0.15) is 46.0 Å². The van der Waals surface area contributed by atoms with E-state index in [1.54, 1.807) is 4.31 Å². The number of nitrogens with zero attached hydrogens (tertiary/aromatic N) is 1. The van der Waals surface area contributed by atoms with Crippen molar-refractivity contribution in [2.24, 2.45) is 11.8 Å². The molecule has 1 saturated heterocycles. The third-order valence-electron chi connectivity index (χ3n) is 4.10. The van der Waals surface area contributed by atoms with E-state index in [9.17, 15) is 8.42 Å². The van der Waals surface area contributed by atoms with Gasteiger partial charge in [0, 0.05) is 25.7 Å². The fourth-order valence-corrected chi connectivity index (χ4v) is 3.94. The van der Waals surface area contributed by atoms with Crippen LogP contribution in [0.3, 0.4) is 0 Å². The first kappa shape index (κ1) is 16.2. The summed E-state index contributed by atoms with van der Waals surface area (Å²) < 4.78 is 28.9. The molecule has 0 aromatic carbocycles. The van der Waals surface area contributed by atoms with Crippen LogP contribution in [0.25, 0.3) is 0 Å². The summed E-state index contributed by atoms with van der Waals surface area (Å²) in [5, 5.41) is 3.51. The molecule has 1 unspecified atom stereocenters. The van der Waals surface area contributed by atoms with Crippen LogP contribution in [0, 0.1) is 11.8 Å². The molecule has 0 spiro atoms. The zero-order chi connectivity index (χ0) is 14.6. The third kappa shape index (κ3) is 5.31. The van der Waals surface area contributed by atoms with E-state index < -0.39 is 10.2 Å². The molecule has 1 aliphatic carbocycles. The van der Waals surface area contributed by atoms with Gasteiger partial charge in [0.1, 0.15) is 0 Å². The highest BCUT2D eigenvalue weighted by atomic mass is 32.2. The van der Waals surface area contributed by atoms with Crippen molar-refractivity contribution in [3.8, 4) is 0 Å². The minimum absolute atomic E-state index is 0.464. The maximum absolute atomic E-state index is 12.3. The largest absolute Gasteiger partial charge is 0.314 e. The van der Waals surface area contributed by atoms with Crippen LogP contribution in [0.2, 0.25) is 0 Å². The third-order valence-corrected chi connectivity index (χ3v) is 5.68. The van der Waals surface area contributed by atoms with Crippen LogP contribution in [0.4, 0.5) is 0 Å².